The summed E-state index contributed by atoms with van der Waals surface area (Å²) in [6.07, 6.45) is 0.0909. The molecule has 0 bridgehead atoms. The molecular formula is C18H19ClN4O2S2. The van der Waals surface area contributed by atoms with Crippen LogP contribution in [0.1, 0.15) is 34.9 Å². The lowest BCUT2D eigenvalue weighted by molar-refractivity contribution is 0.0962. The molecule has 2 heterocycles. The lowest BCUT2D eigenvalue weighted by atomic mass is 10.2. The molecule has 142 valence electrons. The minimum Gasteiger partial charge on any atom is -0.491 e. The molecule has 2 aromatic heterocycles. The van der Waals surface area contributed by atoms with Gasteiger partial charge in [0.2, 0.25) is 5.13 Å². The summed E-state index contributed by atoms with van der Waals surface area (Å²) in [6.45, 7) is 5.84. The molecule has 0 fully saturated rings. The van der Waals surface area contributed by atoms with Crippen LogP contribution < -0.4 is 15.6 Å². The normalized spacial score (nSPS) is 10.9. The number of rotatable bonds is 7. The van der Waals surface area contributed by atoms with Crippen molar-refractivity contribution in [2.45, 2.75) is 32.8 Å². The van der Waals surface area contributed by atoms with Gasteiger partial charge in [-0.05, 0) is 45.0 Å². The summed E-state index contributed by atoms with van der Waals surface area (Å²) in [6, 6.07) is 6.99. The van der Waals surface area contributed by atoms with Crippen molar-refractivity contribution in [3.05, 3.63) is 45.9 Å². The maximum Gasteiger partial charge on any atom is 0.269 e. The standard InChI is InChI=1S/C18H19ClN4O2S2/c1-10(2)25-13-6-4-12(5-7-13)17(24)22-23-18-21-14(9-26-18)16-11(3)20-15(8-19)27-16/h4-7,9-10H,8H2,1-3H3,(H,21,23)(H,22,24). The second-order valence-corrected chi connectivity index (χ2v) is 8.17. The molecule has 1 aromatic carbocycles. The molecular weight excluding hydrogens is 404 g/mol. The van der Waals surface area contributed by atoms with Crippen LogP contribution in [-0.2, 0) is 5.88 Å². The number of carbonyl (C=O) groups is 1. The van der Waals surface area contributed by atoms with E-state index in [4.69, 9.17) is 16.3 Å². The van der Waals surface area contributed by atoms with E-state index in [1.54, 1.807) is 24.3 Å². The third-order valence-corrected chi connectivity index (χ3v) is 5.81. The topological polar surface area (TPSA) is 76.1 Å². The second kappa shape index (κ2) is 8.69. The van der Waals surface area contributed by atoms with Gasteiger partial charge in [0, 0.05) is 10.9 Å². The number of alkyl halides is 1. The van der Waals surface area contributed by atoms with Crippen LogP contribution in [-0.4, -0.2) is 22.0 Å². The summed E-state index contributed by atoms with van der Waals surface area (Å²) in [4.78, 5) is 22.2. The number of amides is 1. The Hall–Kier alpha value is -2.16. The molecule has 0 atom stereocenters. The average molecular weight is 423 g/mol. The second-order valence-electron chi connectivity index (χ2n) is 5.96. The lowest BCUT2D eigenvalue weighted by Crippen LogP contribution is -2.29. The number of hydrazine groups is 1. The zero-order chi connectivity index (χ0) is 19.4. The van der Waals surface area contributed by atoms with Gasteiger partial charge in [0.05, 0.1) is 28.2 Å². The van der Waals surface area contributed by atoms with E-state index in [1.807, 2.05) is 26.2 Å². The summed E-state index contributed by atoms with van der Waals surface area (Å²) >= 11 is 8.78. The van der Waals surface area contributed by atoms with E-state index in [-0.39, 0.29) is 12.0 Å². The maximum absolute atomic E-state index is 12.3. The molecule has 0 unspecified atom stereocenters. The number of hydrogen-bond donors (Lipinski definition) is 2. The summed E-state index contributed by atoms with van der Waals surface area (Å²) in [7, 11) is 0. The van der Waals surface area contributed by atoms with Crippen LogP contribution in [0.3, 0.4) is 0 Å². The number of thiazole rings is 2. The van der Waals surface area contributed by atoms with Crippen molar-refractivity contribution in [2.24, 2.45) is 0 Å². The first-order valence-electron chi connectivity index (χ1n) is 8.27. The number of carbonyl (C=O) groups excluding carboxylic acids is 1. The molecule has 9 heteroatoms. The Morgan fingerprint density at radius 2 is 2.00 bits per heavy atom. The minimum atomic E-state index is -0.249. The SMILES string of the molecule is Cc1nc(CCl)sc1-c1csc(NNC(=O)c2ccc(OC(C)C)cc2)n1. The molecule has 2 N–H and O–H groups in total. The first kappa shape index (κ1) is 19.6. The van der Waals surface area contributed by atoms with E-state index in [0.717, 1.165) is 27.0 Å². The smallest absolute Gasteiger partial charge is 0.269 e. The summed E-state index contributed by atoms with van der Waals surface area (Å²) in [5.74, 6) is 0.870. The van der Waals surface area contributed by atoms with E-state index in [0.29, 0.717) is 16.6 Å². The predicted molar refractivity (Wildman–Crippen MR) is 111 cm³/mol. The number of hydrogen-bond acceptors (Lipinski definition) is 7. The predicted octanol–water partition coefficient (Wildman–Crippen LogP) is 4.86. The van der Waals surface area contributed by atoms with Crippen molar-refractivity contribution >= 4 is 45.3 Å². The highest BCUT2D eigenvalue weighted by atomic mass is 35.5. The van der Waals surface area contributed by atoms with Gasteiger partial charge in [0.1, 0.15) is 10.8 Å². The highest BCUT2D eigenvalue weighted by Gasteiger charge is 2.13. The van der Waals surface area contributed by atoms with Crippen LogP contribution in [0.25, 0.3) is 10.6 Å². The van der Waals surface area contributed by atoms with Crippen LogP contribution >= 0.6 is 34.3 Å². The number of aromatic nitrogens is 2. The summed E-state index contributed by atoms with van der Waals surface area (Å²) in [5, 5.41) is 3.38. The Morgan fingerprint density at radius 3 is 2.63 bits per heavy atom. The Labute approximate surface area is 170 Å². The molecule has 0 aliphatic rings. The zero-order valence-corrected chi connectivity index (χ0v) is 17.5. The van der Waals surface area contributed by atoms with E-state index >= 15 is 0 Å². The molecule has 6 nitrogen and oxygen atoms in total. The highest BCUT2D eigenvalue weighted by molar-refractivity contribution is 7.17. The monoisotopic (exact) mass is 422 g/mol. The van der Waals surface area contributed by atoms with Gasteiger partial charge in [-0.2, -0.15) is 0 Å². The zero-order valence-electron chi connectivity index (χ0n) is 15.1. The van der Waals surface area contributed by atoms with Gasteiger partial charge in [-0.15, -0.1) is 34.3 Å². The van der Waals surface area contributed by atoms with Crippen molar-refractivity contribution in [3.63, 3.8) is 0 Å². The van der Waals surface area contributed by atoms with Crippen molar-refractivity contribution in [2.75, 3.05) is 5.43 Å². The molecule has 0 aliphatic carbocycles. The Kier molecular flexibility index (Phi) is 6.30. The number of halogens is 1. The number of nitrogens with one attached hydrogen (secondary N) is 2. The Bertz CT molecular complexity index is 922. The molecule has 0 saturated carbocycles. The number of anilines is 1. The van der Waals surface area contributed by atoms with Crippen molar-refractivity contribution in [1.29, 1.82) is 0 Å². The molecule has 3 rings (SSSR count). The third kappa shape index (κ3) is 4.97. The first-order chi connectivity index (χ1) is 13.0. The van der Waals surface area contributed by atoms with Gasteiger partial charge < -0.3 is 4.74 Å². The Balaban J connectivity index is 1.61. The number of nitrogens with zero attached hydrogens (tertiary/aromatic N) is 2. The molecule has 0 saturated heterocycles. The summed E-state index contributed by atoms with van der Waals surface area (Å²) < 4.78 is 5.57. The maximum atomic E-state index is 12.3. The minimum absolute atomic E-state index is 0.0909. The van der Waals surface area contributed by atoms with Crippen LogP contribution in [0.4, 0.5) is 5.13 Å². The van der Waals surface area contributed by atoms with Crippen molar-refractivity contribution in [1.82, 2.24) is 15.4 Å². The van der Waals surface area contributed by atoms with Crippen molar-refractivity contribution < 1.29 is 9.53 Å². The number of benzene rings is 1. The third-order valence-electron chi connectivity index (χ3n) is 3.46. The first-order valence-corrected chi connectivity index (χ1v) is 10.5. The van der Waals surface area contributed by atoms with Crippen LogP contribution in [0.5, 0.6) is 5.75 Å². The van der Waals surface area contributed by atoms with E-state index in [2.05, 4.69) is 20.8 Å². The molecule has 3 aromatic rings. The number of ether oxygens (including phenoxy) is 1. The van der Waals surface area contributed by atoms with Crippen molar-refractivity contribution in [3.8, 4) is 16.3 Å². The van der Waals surface area contributed by atoms with Crippen LogP contribution in [0, 0.1) is 6.92 Å². The molecule has 1 amide bonds. The molecule has 0 aliphatic heterocycles. The van der Waals surface area contributed by atoms with E-state index in [1.165, 1.54) is 22.7 Å². The van der Waals surface area contributed by atoms with Gasteiger partial charge in [0.15, 0.2) is 0 Å². The van der Waals surface area contributed by atoms with Gasteiger partial charge in [-0.1, -0.05) is 0 Å². The number of aryl methyl sites for hydroxylation is 1. The van der Waals surface area contributed by atoms with E-state index < -0.39 is 0 Å². The fourth-order valence-corrected chi connectivity index (χ4v) is 4.15. The van der Waals surface area contributed by atoms with Gasteiger partial charge in [-0.3, -0.25) is 15.6 Å². The quantitative estimate of drug-likeness (QED) is 0.420. The van der Waals surface area contributed by atoms with Crippen LogP contribution in [0.2, 0.25) is 0 Å². The van der Waals surface area contributed by atoms with Gasteiger partial charge in [-0.25, -0.2) is 9.97 Å². The molecule has 0 spiro atoms. The van der Waals surface area contributed by atoms with Gasteiger partial charge in [0.25, 0.3) is 5.91 Å². The molecule has 27 heavy (non-hydrogen) atoms. The highest BCUT2D eigenvalue weighted by Crippen LogP contribution is 2.32. The van der Waals surface area contributed by atoms with Gasteiger partial charge >= 0.3 is 0 Å². The fraction of sp³-hybridized carbons (Fsp3) is 0.278. The molecule has 0 radical (unpaired) electrons. The average Bonchev–Trinajstić information content (AvgIpc) is 3.26. The fourth-order valence-electron chi connectivity index (χ4n) is 2.32. The largest absolute Gasteiger partial charge is 0.491 e. The summed E-state index contributed by atoms with van der Waals surface area (Å²) in [5.41, 5.74) is 7.76. The Morgan fingerprint density at radius 1 is 1.26 bits per heavy atom. The lowest BCUT2D eigenvalue weighted by Gasteiger charge is -2.10. The van der Waals surface area contributed by atoms with E-state index in [9.17, 15) is 4.79 Å². The van der Waals surface area contributed by atoms with Crippen LogP contribution in [0.15, 0.2) is 29.6 Å².